The maximum absolute atomic E-state index is 11.8. The lowest BCUT2D eigenvalue weighted by Gasteiger charge is -2.08. The van der Waals surface area contributed by atoms with Gasteiger partial charge in [-0.05, 0) is 48.4 Å². The van der Waals surface area contributed by atoms with Crippen LogP contribution in [0.25, 0.3) is 0 Å². The summed E-state index contributed by atoms with van der Waals surface area (Å²) < 4.78 is 10.2. The number of carbonyl (C=O) groups is 3. The third-order valence-corrected chi connectivity index (χ3v) is 3.86. The van der Waals surface area contributed by atoms with Crippen LogP contribution in [0, 0.1) is 0 Å². The summed E-state index contributed by atoms with van der Waals surface area (Å²) in [6.45, 7) is 3.13. The van der Waals surface area contributed by atoms with Gasteiger partial charge in [-0.1, -0.05) is 26.0 Å². The average molecular weight is 369 g/mol. The van der Waals surface area contributed by atoms with E-state index in [4.69, 9.17) is 9.47 Å². The highest BCUT2D eigenvalue weighted by molar-refractivity contribution is 5.96. The van der Waals surface area contributed by atoms with Crippen molar-refractivity contribution in [1.29, 1.82) is 0 Å². The van der Waals surface area contributed by atoms with Crippen molar-refractivity contribution in [3.8, 4) is 5.75 Å². The Morgan fingerprint density at radius 3 is 2.15 bits per heavy atom. The van der Waals surface area contributed by atoms with Crippen LogP contribution in [-0.2, 0) is 20.7 Å². The highest BCUT2D eigenvalue weighted by atomic mass is 16.6. The molecule has 6 heteroatoms. The van der Waals surface area contributed by atoms with E-state index >= 15 is 0 Å². The quantitative estimate of drug-likeness (QED) is 0.541. The minimum absolute atomic E-state index is 0.0382. The maximum Gasteiger partial charge on any atom is 0.344 e. The van der Waals surface area contributed by atoms with Gasteiger partial charge in [-0.25, -0.2) is 4.79 Å². The standard InChI is InChI=1S/C21H23NO5/c1-3-15-5-9-17(10-6-15)22-20(24)13-27-21(25)14-26-18-11-7-16(8-12-18)19(23)4-2/h5-12H,3-4,13-14H2,1-2H3,(H,22,24). The number of amides is 1. The number of carbonyl (C=O) groups excluding carboxylic acids is 3. The van der Waals surface area contributed by atoms with Crippen LogP contribution in [-0.4, -0.2) is 30.9 Å². The number of esters is 1. The number of hydrogen-bond donors (Lipinski definition) is 1. The molecule has 0 radical (unpaired) electrons. The second kappa shape index (κ2) is 10.1. The second-order valence-corrected chi connectivity index (χ2v) is 5.85. The van der Waals surface area contributed by atoms with Gasteiger partial charge in [-0.15, -0.1) is 0 Å². The lowest BCUT2D eigenvalue weighted by molar-refractivity contribution is -0.149. The van der Waals surface area contributed by atoms with E-state index in [0.29, 0.717) is 23.4 Å². The molecule has 0 unspecified atom stereocenters. The first-order chi connectivity index (χ1) is 13.0. The Morgan fingerprint density at radius 2 is 1.56 bits per heavy atom. The molecule has 0 fully saturated rings. The average Bonchev–Trinajstić information content (AvgIpc) is 2.71. The highest BCUT2D eigenvalue weighted by Crippen LogP contribution is 2.13. The van der Waals surface area contributed by atoms with Gasteiger partial charge < -0.3 is 14.8 Å². The number of hydrogen-bond acceptors (Lipinski definition) is 5. The van der Waals surface area contributed by atoms with Gasteiger partial charge in [0.05, 0.1) is 0 Å². The zero-order valence-corrected chi connectivity index (χ0v) is 15.5. The van der Waals surface area contributed by atoms with E-state index in [1.165, 1.54) is 5.56 Å². The Hall–Kier alpha value is -3.15. The fourth-order valence-corrected chi connectivity index (χ4v) is 2.29. The van der Waals surface area contributed by atoms with E-state index in [-0.39, 0.29) is 19.0 Å². The number of nitrogens with one attached hydrogen (secondary N) is 1. The Morgan fingerprint density at radius 1 is 0.889 bits per heavy atom. The first-order valence-electron chi connectivity index (χ1n) is 8.82. The summed E-state index contributed by atoms with van der Waals surface area (Å²) in [6.07, 6.45) is 1.35. The number of rotatable bonds is 9. The van der Waals surface area contributed by atoms with Crippen molar-refractivity contribution >= 4 is 23.3 Å². The fourth-order valence-electron chi connectivity index (χ4n) is 2.29. The molecule has 27 heavy (non-hydrogen) atoms. The maximum atomic E-state index is 11.8. The molecule has 0 saturated heterocycles. The molecule has 0 saturated carbocycles. The van der Waals surface area contributed by atoms with Crippen LogP contribution in [0.2, 0.25) is 0 Å². The molecule has 6 nitrogen and oxygen atoms in total. The summed E-state index contributed by atoms with van der Waals surface area (Å²) in [5, 5.41) is 2.66. The Bertz CT molecular complexity index is 781. The van der Waals surface area contributed by atoms with Crippen LogP contribution in [0.15, 0.2) is 48.5 Å². The molecule has 0 spiro atoms. The molecule has 1 amide bonds. The number of Topliss-reactive ketones (excluding diaryl/α,β-unsaturated/α-hetero) is 1. The first-order valence-corrected chi connectivity index (χ1v) is 8.82. The second-order valence-electron chi connectivity index (χ2n) is 5.85. The highest BCUT2D eigenvalue weighted by Gasteiger charge is 2.09. The van der Waals surface area contributed by atoms with Crippen molar-refractivity contribution < 1.29 is 23.9 Å². The van der Waals surface area contributed by atoms with Crippen molar-refractivity contribution in [3.63, 3.8) is 0 Å². The Labute approximate surface area is 158 Å². The van der Waals surface area contributed by atoms with E-state index in [1.807, 2.05) is 19.1 Å². The van der Waals surface area contributed by atoms with Crippen LogP contribution in [0.4, 0.5) is 5.69 Å². The minimum Gasteiger partial charge on any atom is -0.482 e. The van der Waals surface area contributed by atoms with Gasteiger partial charge in [0.25, 0.3) is 5.91 Å². The van der Waals surface area contributed by atoms with E-state index in [0.717, 1.165) is 6.42 Å². The molecule has 1 N–H and O–H groups in total. The van der Waals surface area contributed by atoms with E-state index in [9.17, 15) is 14.4 Å². The lowest BCUT2D eigenvalue weighted by atomic mass is 10.1. The third kappa shape index (κ3) is 6.58. The Balaban J connectivity index is 1.72. The monoisotopic (exact) mass is 369 g/mol. The lowest BCUT2D eigenvalue weighted by Crippen LogP contribution is -2.23. The first kappa shape index (κ1) is 20.2. The summed E-state index contributed by atoms with van der Waals surface area (Å²) >= 11 is 0. The van der Waals surface area contributed by atoms with Crippen LogP contribution >= 0.6 is 0 Å². The van der Waals surface area contributed by atoms with E-state index < -0.39 is 11.9 Å². The van der Waals surface area contributed by atoms with E-state index in [2.05, 4.69) is 5.32 Å². The SMILES string of the molecule is CCC(=O)c1ccc(OCC(=O)OCC(=O)Nc2ccc(CC)cc2)cc1. The molecule has 0 bridgehead atoms. The minimum atomic E-state index is -0.653. The number of aryl methyl sites for hydroxylation is 1. The summed E-state index contributed by atoms with van der Waals surface area (Å²) in [5.41, 5.74) is 2.41. The molecule has 0 aliphatic rings. The number of anilines is 1. The van der Waals surface area contributed by atoms with Gasteiger partial charge >= 0.3 is 5.97 Å². The van der Waals surface area contributed by atoms with Crippen molar-refractivity contribution in [3.05, 3.63) is 59.7 Å². The largest absolute Gasteiger partial charge is 0.482 e. The summed E-state index contributed by atoms with van der Waals surface area (Å²) in [5.74, 6) is -0.591. The van der Waals surface area contributed by atoms with Crippen molar-refractivity contribution in [2.24, 2.45) is 0 Å². The molecule has 0 aliphatic heterocycles. The molecule has 0 heterocycles. The smallest absolute Gasteiger partial charge is 0.344 e. The van der Waals surface area contributed by atoms with Gasteiger partial charge in [0.1, 0.15) is 5.75 Å². The van der Waals surface area contributed by atoms with Crippen molar-refractivity contribution in [2.75, 3.05) is 18.5 Å². The fraction of sp³-hybridized carbons (Fsp3) is 0.286. The molecule has 2 rings (SSSR count). The van der Waals surface area contributed by atoms with E-state index in [1.54, 1.807) is 43.3 Å². The number of ether oxygens (including phenoxy) is 2. The molecule has 2 aromatic rings. The number of ketones is 1. The summed E-state index contributed by atoms with van der Waals surface area (Å²) in [7, 11) is 0. The predicted octanol–water partition coefficient (Wildman–Crippen LogP) is 3.40. The molecular formula is C21H23NO5. The molecular weight excluding hydrogens is 346 g/mol. The normalized spacial score (nSPS) is 10.1. The van der Waals surface area contributed by atoms with Crippen LogP contribution in [0.1, 0.15) is 36.2 Å². The van der Waals surface area contributed by atoms with Gasteiger partial charge in [0.2, 0.25) is 0 Å². The van der Waals surface area contributed by atoms with Crippen LogP contribution in [0.5, 0.6) is 5.75 Å². The van der Waals surface area contributed by atoms with Gasteiger partial charge in [0, 0.05) is 17.7 Å². The molecule has 0 aromatic heterocycles. The van der Waals surface area contributed by atoms with Crippen molar-refractivity contribution in [2.45, 2.75) is 26.7 Å². The van der Waals surface area contributed by atoms with Gasteiger partial charge in [-0.3, -0.25) is 9.59 Å². The van der Waals surface area contributed by atoms with Crippen molar-refractivity contribution in [1.82, 2.24) is 0 Å². The Kier molecular flexibility index (Phi) is 7.55. The zero-order chi connectivity index (χ0) is 19.6. The van der Waals surface area contributed by atoms with Crippen LogP contribution in [0.3, 0.4) is 0 Å². The molecule has 0 atom stereocenters. The number of benzene rings is 2. The molecule has 142 valence electrons. The molecule has 0 aliphatic carbocycles. The molecule has 2 aromatic carbocycles. The predicted molar refractivity (Wildman–Crippen MR) is 102 cm³/mol. The third-order valence-electron chi connectivity index (χ3n) is 3.86. The van der Waals surface area contributed by atoms with Gasteiger partial charge in [0.15, 0.2) is 19.0 Å². The van der Waals surface area contributed by atoms with Gasteiger partial charge in [-0.2, -0.15) is 0 Å². The summed E-state index contributed by atoms with van der Waals surface area (Å²) in [6, 6.07) is 14.0. The zero-order valence-electron chi connectivity index (χ0n) is 15.5. The topological polar surface area (TPSA) is 81.7 Å². The van der Waals surface area contributed by atoms with Crippen LogP contribution < -0.4 is 10.1 Å². The summed E-state index contributed by atoms with van der Waals surface area (Å²) in [4.78, 5) is 35.1.